The minimum absolute atomic E-state index is 0.272. The summed E-state index contributed by atoms with van der Waals surface area (Å²) in [6.45, 7) is 8.83. The Morgan fingerprint density at radius 3 is 2.61 bits per heavy atom. The third-order valence-electron chi connectivity index (χ3n) is 3.97. The van der Waals surface area contributed by atoms with E-state index in [-0.39, 0.29) is 11.8 Å². The van der Waals surface area contributed by atoms with Gasteiger partial charge in [-0.15, -0.1) is 6.58 Å². The first-order valence-electron chi connectivity index (χ1n) is 9.14. The Kier molecular flexibility index (Phi) is 8.26. The van der Waals surface area contributed by atoms with Crippen molar-refractivity contribution in [1.82, 2.24) is 5.32 Å². The minimum atomic E-state index is -0.307. The number of benzene rings is 2. The highest BCUT2D eigenvalue weighted by Gasteiger charge is 2.15. The van der Waals surface area contributed by atoms with E-state index in [0.717, 1.165) is 6.42 Å². The minimum Gasteiger partial charge on any atom is -0.492 e. The van der Waals surface area contributed by atoms with Gasteiger partial charge in [-0.1, -0.05) is 32.1 Å². The van der Waals surface area contributed by atoms with Gasteiger partial charge in [0.2, 0.25) is 0 Å². The van der Waals surface area contributed by atoms with E-state index in [1.165, 1.54) is 0 Å². The van der Waals surface area contributed by atoms with Gasteiger partial charge < -0.3 is 15.4 Å². The smallest absolute Gasteiger partial charge is 0.255 e. The molecule has 2 N–H and O–H groups in total. The van der Waals surface area contributed by atoms with Crippen LogP contribution < -0.4 is 15.4 Å². The van der Waals surface area contributed by atoms with Gasteiger partial charge in [0, 0.05) is 12.1 Å². The van der Waals surface area contributed by atoms with Crippen molar-refractivity contribution in [2.75, 3.05) is 18.5 Å². The average molecular weight is 445 g/mol. The second-order valence-corrected chi connectivity index (χ2v) is 7.53. The molecular formula is C22H25BrN2O3. The summed E-state index contributed by atoms with van der Waals surface area (Å²) in [6.07, 6.45) is 2.56. The fourth-order valence-electron chi connectivity index (χ4n) is 2.41. The summed E-state index contributed by atoms with van der Waals surface area (Å²) in [6, 6.07) is 12.0. The lowest BCUT2D eigenvalue weighted by atomic mass is 10.1. The van der Waals surface area contributed by atoms with Crippen LogP contribution in [0.25, 0.3) is 0 Å². The molecule has 6 heteroatoms. The van der Waals surface area contributed by atoms with Crippen LogP contribution in [0.2, 0.25) is 0 Å². The quantitative estimate of drug-likeness (QED) is 0.532. The molecule has 2 rings (SSSR count). The number of halogens is 1. The van der Waals surface area contributed by atoms with Crippen LogP contribution in [0.15, 0.2) is 59.6 Å². The highest BCUT2D eigenvalue weighted by molar-refractivity contribution is 9.10. The number of anilines is 1. The molecule has 0 spiro atoms. The number of ether oxygens (including phenoxy) is 1. The summed E-state index contributed by atoms with van der Waals surface area (Å²) in [5.41, 5.74) is 1.30. The number of amides is 2. The molecule has 148 valence electrons. The molecule has 0 aliphatic heterocycles. The molecule has 0 saturated carbocycles. The molecule has 2 aromatic rings. The standard InChI is InChI=1S/C22H25BrN2O3/c1-4-12-24-22(27)17-7-5-6-8-19(17)25-21(26)16-9-10-20(18(23)14-16)28-13-11-15(2)3/h4-10,14-15H,1,11-13H2,2-3H3,(H,24,27)(H,25,26). The Morgan fingerprint density at radius 2 is 1.93 bits per heavy atom. The maximum Gasteiger partial charge on any atom is 0.255 e. The number of hydrogen-bond acceptors (Lipinski definition) is 3. The number of carbonyl (C=O) groups is 2. The van der Waals surface area contributed by atoms with E-state index in [9.17, 15) is 9.59 Å². The molecule has 0 heterocycles. The zero-order valence-electron chi connectivity index (χ0n) is 16.1. The van der Waals surface area contributed by atoms with Crippen molar-refractivity contribution in [1.29, 1.82) is 0 Å². The van der Waals surface area contributed by atoms with Gasteiger partial charge in [-0.05, 0) is 58.6 Å². The highest BCUT2D eigenvalue weighted by atomic mass is 79.9. The van der Waals surface area contributed by atoms with E-state index >= 15 is 0 Å². The van der Waals surface area contributed by atoms with E-state index in [0.29, 0.717) is 46.1 Å². The normalized spacial score (nSPS) is 10.4. The molecule has 2 aromatic carbocycles. The predicted octanol–water partition coefficient (Wildman–Crippen LogP) is 5.04. The van der Waals surface area contributed by atoms with Crippen LogP contribution in [0.3, 0.4) is 0 Å². The molecule has 0 bridgehead atoms. The van der Waals surface area contributed by atoms with Gasteiger partial charge in [-0.3, -0.25) is 9.59 Å². The third kappa shape index (κ3) is 6.23. The van der Waals surface area contributed by atoms with Gasteiger partial charge in [0.05, 0.1) is 22.3 Å². The van der Waals surface area contributed by atoms with Gasteiger partial charge in [0.25, 0.3) is 11.8 Å². The monoisotopic (exact) mass is 444 g/mol. The van der Waals surface area contributed by atoms with E-state index in [4.69, 9.17) is 4.74 Å². The number of nitrogens with one attached hydrogen (secondary N) is 2. The number of carbonyl (C=O) groups excluding carboxylic acids is 2. The molecule has 0 aromatic heterocycles. The lowest BCUT2D eigenvalue weighted by Gasteiger charge is -2.13. The van der Waals surface area contributed by atoms with Crippen molar-refractivity contribution < 1.29 is 14.3 Å². The van der Waals surface area contributed by atoms with E-state index in [1.807, 2.05) is 0 Å². The molecule has 0 unspecified atom stereocenters. The Hall–Kier alpha value is -2.60. The Morgan fingerprint density at radius 1 is 1.18 bits per heavy atom. The van der Waals surface area contributed by atoms with Crippen molar-refractivity contribution in [3.8, 4) is 5.75 Å². The Labute approximate surface area is 174 Å². The SMILES string of the molecule is C=CCNC(=O)c1ccccc1NC(=O)c1ccc(OCCC(C)C)c(Br)c1. The molecule has 2 amide bonds. The van der Waals surface area contributed by atoms with Crippen molar-refractivity contribution in [3.63, 3.8) is 0 Å². The maximum absolute atomic E-state index is 12.6. The first kappa shape index (κ1) is 21.7. The van der Waals surface area contributed by atoms with Crippen LogP contribution in [-0.4, -0.2) is 25.0 Å². The first-order valence-corrected chi connectivity index (χ1v) is 9.93. The van der Waals surface area contributed by atoms with E-state index in [1.54, 1.807) is 48.5 Å². The van der Waals surface area contributed by atoms with Crippen LogP contribution in [0, 0.1) is 5.92 Å². The molecule has 0 aliphatic carbocycles. The largest absolute Gasteiger partial charge is 0.492 e. The zero-order valence-corrected chi connectivity index (χ0v) is 17.7. The number of hydrogen-bond donors (Lipinski definition) is 2. The van der Waals surface area contributed by atoms with Crippen molar-refractivity contribution in [3.05, 3.63) is 70.7 Å². The summed E-state index contributed by atoms with van der Waals surface area (Å²) in [5.74, 6) is 0.679. The maximum atomic E-state index is 12.6. The van der Waals surface area contributed by atoms with Gasteiger partial charge in [-0.2, -0.15) is 0 Å². The topological polar surface area (TPSA) is 67.4 Å². The van der Waals surface area contributed by atoms with E-state index in [2.05, 4.69) is 47.0 Å². The third-order valence-corrected chi connectivity index (χ3v) is 4.59. The zero-order chi connectivity index (χ0) is 20.5. The predicted molar refractivity (Wildman–Crippen MR) is 116 cm³/mol. The lowest BCUT2D eigenvalue weighted by molar-refractivity contribution is 0.0959. The average Bonchev–Trinajstić information content (AvgIpc) is 2.67. The van der Waals surface area contributed by atoms with Crippen molar-refractivity contribution >= 4 is 33.4 Å². The summed E-state index contributed by atoms with van der Waals surface area (Å²) in [4.78, 5) is 24.9. The molecule has 0 saturated heterocycles. The lowest BCUT2D eigenvalue weighted by Crippen LogP contribution is -2.25. The fourth-order valence-corrected chi connectivity index (χ4v) is 2.90. The Bertz CT molecular complexity index is 849. The van der Waals surface area contributed by atoms with Gasteiger partial charge >= 0.3 is 0 Å². The van der Waals surface area contributed by atoms with Crippen LogP contribution >= 0.6 is 15.9 Å². The molecule has 0 atom stereocenters. The number of para-hydroxylation sites is 1. The van der Waals surface area contributed by atoms with Gasteiger partial charge in [-0.25, -0.2) is 0 Å². The van der Waals surface area contributed by atoms with Crippen molar-refractivity contribution in [2.24, 2.45) is 5.92 Å². The fraction of sp³-hybridized carbons (Fsp3) is 0.273. The van der Waals surface area contributed by atoms with E-state index < -0.39 is 0 Å². The first-order chi connectivity index (χ1) is 13.4. The molecule has 5 nitrogen and oxygen atoms in total. The van der Waals surface area contributed by atoms with Crippen LogP contribution in [-0.2, 0) is 0 Å². The summed E-state index contributed by atoms with van der Waals surface area (Å²) >= 11 is 3.46. The van der Waals surface area contributed by atoms with Crippen LogP contribution in [0.5, 0.6) is 5.75 Å². The summed E-state index contributed by atoms with van der Waals surface area (Å²) in [5, 5.41) is 5.52. The van der Waals surface area contributed by atoms with Crippen LogP contribution in [0.4, 0.5) is 5.69 Å². The molecule has 0 aliphatic rings. The molecule has 0 radical (unpaired) electrons. The summed E-state index contributed by atoms with van der Waals surface area (Å²) in [7, 11) is 0. The molecular weight excluding hydrogens is 420 g/mol. The van der Waals surface area contributed by atoms with Crippen LogP contribution in [0.1, 0.15) is 41.0 Å². The summed E-state index contributed by atoms with van der Waals surface area (Å²) < 4.78 is 6.46. The van der Waals surface area contributed by atoms with Gasteiger partial charge in [0.1, 0.15) is 5.75 Å². The second-order valence-electron chi connectivity index (χ2n) is 6.67. The van der Waals surface area contributed by atoms with Gasteiger partial charge in [0.15, 0.2) is 0 Å². The molecule has 0 fully saturated rings. The van der Waals surface area contributed by atoms with Crippen molar-refractivity contribution in [2.45, 2.75) is 20.3 Å². The second kappa shape index (κ2) is 10.7. The number of rotatable bonds is 9. The molecule has 28 heavy (non-hydrogen) atoms. The highest BCUT2D eigenvalue weighted by Crippen LogP contribution is 2.27. The Balaban J connectivity index is 2.10.